The zero-order valence-corrected chi connectivity index (χ0v) is 9.76. The van der Waals surface area contributed by atoms with Crippen LogP contribution in [0.3, 0.4) is 0 Å². The lowest BCUT2D eigenvalue weighted by atomic mass is 10.2. The highest BCUT2D eigenvalue weighted by atomic mass is 32.2. The molecule has 1 heterocycles. The Labute approximate surface area is 95.7 Å². The van der Waals surface area contributed by atoms with Crippen LogP contribution in [-0.4, -0.2) is 10.2 Å². The molecule has 4 nitrogen and oxygen atoms in total. The molecule has 0 saturated heterocycles. The number of aromatic amines is 1. The number of H-pyrrole nitrogens is 1. The Morgan fingerprint density at radius 2 is 2.06 bits per heavy atom. The third-order valence-electron chi connectivity index (χ3n) is 2.00. The topological polar surface area (TPSA) is 63.1 Å². The molecule has 0 atom stereocenters. The Morgan fingerprint density at radius 1 is 1.31 bits per heavy atom. The van der Waals surface area contributed by atoms with Crippen LogP contribution in [0.25, 0.3) is 10.9 Å². The van der Waals surface area contributed by atoms with Crippen molar-refractivity contribution < 1.29 is 4.42 Å². The summed E-state index contributed by atoms with van der Waals surface area (Å²) < 4.78 is 4.47. The smallest absolute Gasteiger partial charge is 0.372 e. The molecule has 0 bridgehead atoms. The van der Waals surface area contributed by atoms with Crippen LogP contribution < -0.4 is 11.4 Å². The highest BCUT2D eigenvalue weighted by Crippen LogP contribution is 2.24. The molecule has 0 aliphatic rings. The van der Waals surface area contributed by atoms with Crippen molar-refractivity contribution in [3.63, 3.8) is 0 Å². The first kappa shape index (κ1) is 11.0. The van der Waals surface area contributed by atoms with E-state index in [2.05, 4.69) is 23.2 Å². The van der Waals surface area contributed by atoms with Crippen molar-refractivity contribution in [2.24, 2.45) is 0 Å². The van der Waals surface area contributed by atoms with Gasteiger partial charge >= 0.3 is 11.4 Å². The second kappa shape index (κ2) is 4.17. The van der Waals surface area contributed by atoms with E-state index in [1.54, 1.807) is 23.9 Å². The number of rotatable bonds is 2. The number of fused-ring (bicyclic) bond motifs is 1. The molecule has 2 aromatic rings. The Morgan fingerprint density at radius 3 is 2.75 bits per heavy atom. The summed E-state index contributed by atoms with van der Waals surface area (Å²) in [6, 6.07) is 5.34. The van der Waals surface area contributed by atoms with Crippen LogP contribution >= 0.6 is 11.8 Å². The fourth-order valence-electron chi connectivity index (χ4n) is 1.42. The maximum atomic E-state index is 11.4. The minimum atomic E-state index is -0.721. The van der Waals surface area contributed by atoms with E-state index in [4.69, 9.17) is 0 Å². The van der Waals surface area contributed by atoms with Crippen molar-refractivity contribution in [1.29, 1.82) is 0 Å². The van der Waals surface area contributed by atoms with Crippen molar-refractivity contribution in [2.45, 2.75) is 24.0 Å². The van der Waals surface area contributed by atoms with E-state index in [1.807, 2.05) is 6.07 Å². The number of aromatic nitrogens is 1. The molecule has 2 rings (SSSR count). The van der Waals surface area contributed by atoms with Crippen LogP contribution in [0.4, 0.5) is 0 Å². The van der Waals surface area contributed by atoms with Gasteiger partial charge in [-0.2, -0.15) is 0 Å². The average Bonchev–Trinajstić information content (AvgIpc) is 2.18. The van der Waals surface area contributed by atoms with E-state index in [9.17, 15) is 9.59 Å². The quantitative estimate of drug-likeness (QED) is 0.811. The molecule has 0 amide bonds. The van der Waals surface area contributed by atoms with E-state index in [0.29, 0.717) is 16.2 Å². The van der Waals surface area contributed by atoms with Crippen molar-refractivity contribution in [1.82, 2.24) is 4.98 Å². The van der Waals surface area contributed by atoms with Crippen LogP contribution in [0.15, 0.2) is 37.1 Å². The van der Waals surface area contributed by atoms with Crippen LogP contribution in [0.5, 0.6) is 0 Å². The maximum absolute atomic E-state index is 11.4. The summed E-state index contributed by atoms with van der Waals surface area (Å²) in [7, 11) is 0. The van der Waals surface area contributed by atoms with E-state index in [1.165, 1.54) is 0 Å². The lowest BCUT2D eigenvalue weighted by Gasteiger charge is -2.04. The molecule has 0 radical (unpaired) electrons. The number of benzene rings is 1. The van der Waals surface area contributed by atoms with Gasteiger partial charge in [-0.3, -0.25) is 4.98 Å². The van der Waals surface area contributed by atoms with Crippen molar-refractivity contribution in [3.05, 3.63) is 39.2 Å². The summed E-state index contributed by atoms with van der Waals surface area (Å²) in [5.74, 6) is -0.721. The standard InChI is InChI=1S/C11H11NO3S/c1-6(2)16-7-3-4-9-8(5-7)10(13)15-11(14)12-9/h3-6H,1-2H3,(H,12,14). The van der Waals surface area contributed by atoms with Crippen LogP contribution in [-0.2, 0) is 0 Å². The third kappa shape index (κ3) is 2.19. The number of hydrogen-bond donors (Lipinski definition) is 1. The Kier molecular flexibility index (Phi) is 2.87. The second-order valence-corrected chi connectivity index (χ2v) is 5.33. The Balaban J connectivity index is 2.62. The number of thioether (sulfide) groups is 1. The predicted molar refractivity (Wildman–Crippen MR) is 64.1 cm³/mol. The molecule has 1 aromatic heterocycles. The van der Waals surface area contributed by atoms with Crippen LogP contribution in [0.2, 0.25) is 0 Å². The molecule has 0 spiro atoms. The SMILES string of the molecule is CC(C)Sc1ccc2[nH]c(=O)oc(=O)c2c1. The van der Waals surface area contributed by atoms with Gasteiger partial charge in [0.2, 0.25) is 0 Å². The van der Waals surface area contributed by atoms with Crippen LogP contribution in [0, 0.1) is 0 Å². The number of nitrogens with one attached hydrogen (secondary N) is 1. The summed E-state index contributed by atoms with van der Waals surface area (Å²) in [4.78, 5) is 25.8. The van der Waals surface area contributed by atoms with E-state index < -0.39 is 11.4 Å². The van der Waals surface area contributed by atoms with Gasteiger partial charge in [-0.15, -0.1) is 11.8 Å². The molecule has 0 unspecified atom stereocenters. The highest BCUT2D eigenvalue weighted by molar-refractivity contribution is 7.99. The fraction of sp³-hybridized carbons (Fsp3) is 0.273. The van der Waals surface area contributed by atoms with Gasteiger partial charge in [0.15, 0.2) is 0 Å². The Hall–Kier alpha value is -1.49. The largest absolute Gasteiger partial charge is 0.419 e. The van der Waals surface area contributed by atoms with Gasteiger partial charge in [0.25, 0.3) is 0 Å². The van der Waals surface area contributed by atoms with Crippen LogP contribution in [0.1, 0.15) is 13.8 Å². The van der Waals surface area contributed by atoms with E-state index in [0.717, 1.165) is 4.90 Å². The lowest BCUT2D eigenvalue weighted by Crippen LogP contribution is -2.14. The van der Waals surface area contributed by atoms with Gasteiger partial charge in [-0.25, -0.2) is 9.59 Å². The Bertz CT molecular complexity index is 627. The van der Waals surface area contributed by atoms with E-state index in [-0.39, 0.29) is 0 Å². The first-order chi connectivity index (χ1) is 7.56. The van der Waals surface area contributed by atoms with Gasteiger partial charge in [-0.05, 0) is 18.2 Å². The molecule has 0 saturated carbocycles. The molecular weight excluding hydrogens is 226 g/mol. The van der Waals surface area contributed by atoms with Crippen molar-refractivity contribution in [2.75, 3.05) is 0 Å². The second-order valence-electron chi connectivity index (χ2n) is 3.68. The molecule has 0 fully saturated rings. The summed E-state index contributed by atoms with van der Waals surface area (Å²) in [6.45, 7) is 4.15. The molecule has 1 N–H and O–H groups in total. The highest BCUT2D eigenvalue weighted by Gasteiger charge is 2.05. The zero-order valence-electron chi connectivity index (χ0n) is 8.94. The number of hydrogen-bond acceptors (Lipinski definition) is 4. The average molecular weight is 237 g/mol. The van der Waals surface area contributed by atoms with Gasteiger partial charge in [0.1, 0.15) is 0 Å². The first-order valence-corrected chi connectivity index (χ1v) is 5.78. The fourth-order valence-corrected chi connectivity index (χ4v) is 2.30. The summed E-state index contributed by atoms with van der Waals surface area (Å²) >= 11 is 1.65. The third-order valence-corrected chi connectivity index (χ3v) is 3.00. The van der Waals surface area contributed by atoms with Crippen molar-refractivity contribution >= 4 is 22.7 Å². The molecule has 0 aliphatic carbocycles. The van der Waals surface area contributed by atoms with E-state index >= 15 is 0 Å². The molecule has 5 heteroatoms. The minimum absolute atomic E-state index is 0.408. The van der Waals surface area contributed by atoms with Crippen molar-refractivity contribution in [3.8, 4) is 0 Å². The molecule has 84 valence electrons. The van der Waals surface area contributed by atoms with Gasteiger partial charge < -0.3 is 4.42 Å². The monoisotopic (exact) mass is 237 g/mol. The van der Waals surface area contributed by atoms with Gasteiger partial charge in [0, 0.05) is 10.1 Å². The normalized spacial score (nSPS) is 11.2. The molecule has 16 heavy (non-hydrogen) atoms. The predicted octanol–water partition coefficient (Wildman–Crippen LogP) is 1.98. The summed E-state index contributed by atoms with van der Waals surface area (Å²) in [6.07, 6.45) is 0. The lowest BCUT2D eigenvalue weighted by molar-refractivity contribution is 0.460. The van der Waals surface area contributed by atoms with Gasteiger partial charge in [-0.1, -0.05) is 13.8 Å². The zero-order chi connectivity index (χ0) is 11.7. The maximum Gasteiger partial charge on any atom is 0.419 e. The molecule has 0 aliphatic heterocycles. The molecular formula is C11H11NO3S. The summed E-state index contributed by atoms with van der Waals surface area (Å²) in [5, 5.41) is 0.845. The minimum Gasteiger partial charge on any atom is -0.372 e. The summed E-state index contributed by atoms with van der Waals surface area (Å²) in [5.41, 5.74) is -0.0840. The first-order valence-electron chi connectivity index (χ1n) is 4.90. The molecule has 1 aromatic carbocycles. The van der Waals surface area contributed by atoms with Gasteiger partial charge in [0.05, 0.1) is 10.9 Å².